The molecule has 0 saturated heterocycles. The van der Waals surface area contributed by atoms with Gasteiger partial charge in [0.1, 0.15) is 12.2 Å². The molecule has 1 amide bonds. The van der Waals surface area contributed by atoms with Gasteiger partial charge in [0.15, 0.2) is 0 Å². The summed E-state index contributed by atoms with van der Waals surface area (Å²) < 4.78 is 0. The average Bonchev–Trinajstić information content (AvgIpc) is 2.94. The minimum Gasteiger partial charge on any atom is -0.356 e. The highest BCUT2D eigenvalue weighted by Crippen LogP contribution is 2.26. The number of amides is 1. The highest BCUT2D eigenvalue weighted by atomic mass is 35.5. The number of carbonyl (C=O) groups excluding carboxylic acids is 1. The number of benzene rings is 1. The maximum Gasteiger partial charge on any atom is 0.220 e. The highest BCUT2D eigenvalue weighted by molar-refractivity contribution is 7.99. The molecule has 0 aliphatic heterocycles. The summed E-state index contributed by atoms with van der Waals surface area (Å²) in [6.07, 6.45) is 2.58. The Morgan fingerprint density at radius 3 is 3.00 bits per heavy atom. The third kappa shape index (κ3) is 4.86. The van der Waals surface area contributed by atoms with Gasteiger partial charge < -0.3 is 5.32 Å². The number of halogens is 1. The smallest absolute Gasteiger partial charge is 0.220 e. The largest absolute Gasteiger partial charge is 0.356 e. The third-order valence-corrected chi connectivity index (χ3v) is 4.09. The molecule has 7 heteroatoms. The Morgan fingerprint density at radius 2 is 2.25 bits per heavy atom. The lowest BCUT2D eigenvalue weighted by Gasteiger charge is -2.05. The maximum atomic E-state index is 11.6. The molecule has 0 radical (unpaired) electrons. The molecule has 0 unspecified atom stereocenters. The van der Waals surface area contributed by atoms with E-state index in [2.05, 4.69) is 20.5 Å². The first-order chi connectivity index (χ1) is 9.75. The topological polar surface area (TPSA) is 70.7 Å². The Labute approximate surface area is 126 Å². The maximum absolute atomic E-state index is 11.6. The van der Waals surface area contributed by atoms with Crippen molar-refractivity contribution in [2.45, 2.75) is 17.7 Å². The van der Waals surface area contributed by atoms with E-state index in [1.54, 1.807) is 11.8 Å². The molecule has 0 fully saturated rings. The number of aromatic nitrogens is 3. The summed E-state index contributed by atoms with van der Waals surface area (Å²) in [6, 6.07) is 7.63. The van der Waals surface area contributed by atoms with Crippen LogP contribution in [0.1, 0.15) is 12.2 Å². The van der Waals surface area contributed by atoms with Crippen molar-refractivity contribution in [3.05, 3.63) is 41.4 Å². The fourth-order valence-electron chi connectivity index (χ4n) is 1.58. The molecule has 106 valence electrons. The summed E-state index contributed by atoms with van der Waals surface area (Å²) in [7, 11) is 0. The molecule has 20 heavy (non-hydrogen) atoms. The van der Waals surface area contributed by atoms with Gasteiger partial charge in [-0.3, -0.25) is 9.89 Å². The highest BCUT2D eigenvalue weighted by Gasteiger charge is 2.04. The van der Waals surface area contributed by atoms with Crippen molar-refractivity contribution in [2.24, 2.45) is 0 Å². The molecule has 0 atom stereocenters. The summed E-state index contributed by atoms with van der Waals surface area (Å²) in [5, 5.41) is 10.1. The summed E-state index contributed by atoms with van der Waals surface area (Å²) in [6.45, 7) is 0.560. The number of nitrogens with zero attached hydrogens (tertiary/aromatic N) is 2. The quantitative estimate of drug-likeness (QED) is 0.770. The van der Waals surface area contributed by atoms with Gasteiger partial charge in [0, 0.05) is 30.0 Å². The zero-order chi connectivity index (χ0) is 14.2. The van der Waals surface area contributed by atoms with Gasteiger partial charge in [0.05, 0.1) is 5.02 Å². The average molecular weight is 311 g/mol. The first-order valence-electron chi connectivity index (χ1n) is 6.24. The minimum absolute atomic E-state index is 0.0315. The number of H-pyrrole nitrogens is 1. The van der Waals surface area contributed by atoms with Crippen LogP contribution in [0.25, 0.3) is 0 Å². The molecule has 2 N–H and O–H groups in total. The number of aromatic amines is 1. The zero-order valence-corrected chi connectivity index (χ0v) is 12.4. The molecule has 1 aromatic carbocycles. The van der Waals surface area contributed by atoms with Crippen molar-refractivity contribution >= 4 is 29.3 Å². The first-order valence-corrected chi connectivity index (χ1v) is 7.60. The molecule has 0 spiro atoms. The SMILES string of the molecule is O=C(CCSc1ccccc1Cl)NCCc1ncn[nH]1. The van der Waals surface area contributed by atoms with Gasteiger partial charge in [0.25, 0.3) is 0 Å². The Balaban J connectivity index is 1.62. The van der Waals surface area contributed by atoms with Crippen molar-refractivity contribution in [1.29, 1.82) is 0 Å². The monoisotopic (exact) mass is 310 g/mol. The molecule has 1 heterocycles. The summed E-state index contributed by atoms with van der Waals surface area (Å²) >= 11 is 7.63. The van der Waals surface area contributed by atoms with Gasteiger partial charge in [0.2, 0.25) is 5.91 Å². The zero-order valence-electron chi connectivity index (χ0n) is 10.8. The van der Waals surface area contributed by atoms with Gasteiger partial charge in [-0.1, -0.05) is 23.7 Å². The number of rotatable bonds is 7. The van der Waals surface area contributed by atoms with Crippen LogP contribution in [0, 0.1) is 0 Å². The van der Waals surface area contributed by atoms with Crippen LogP contribution in [0.4, 0.5) is 0 Å². The fourth-order valence-corrected chi connectivity index (χ4v) is 2.76. The lowest BCUT2D eigenvalue weighted by molar-refractivity contribution is -0.120. The Hall–Kier alpha value is -1.53. The second-order valence-electron chi connectivity index (χ2n) is 4.06. The van der Waals surface area contributed by atoms with E-state index in [-0.39, 0.29) is 5.91 Å². The number of thioether (sulfide) groups is 1. The Morgan fingerprint density at radius 1 is 1.40 bits per heavy atom. The third-order valence-electron chi connectivity index (χ3n) is 2.57. The van der Waals surface area contributed by atoms with Crippen LogP contribution in [0.3, 0.4) is 0 Å². The van der Waals surface area contributed by atoms with Crippen LogP contribution >= 0.6 is 23.4 Å². The van der Waals surface area contributed by atoms with Crippen molar-refractivity contribution in [1.82, 2.24) is 20.5 Å². The Kier molecular flexibility index (Phi) is 5.88. The predicted molar refractivity (Wildman–Crippen MR) is 79.9 cm³/mol. The number of carbonyl (C=O) groups is 1. The molecule has 2 aromatic rings. The second kappa shape index (κ2) is 7.91. The van der Waals surface area contributed by atoms with Crippen LogP contribution in [-0.4, -0.2) is 33.4 Å². The summed E-state index contributed by atoms with van der Waals surface area (Å²) in [5.41, 5.74) is 0. The normalized spacial score (nSPS) is 10.4. The van der Waals surface area contributed by atoms with Crippen LogP contribution in [0.2, 0.25) is 5.02 Å². The Bertz CT molecular complexity index is 547. The molecule has 0 aliphatic carbocycles. The summed E-state index contributed by atoms with van der Waals surface area (Å²) in [4.78, 5) is 16.6. The van der Waals surface area contributed by atoms with E-state index in [1.807, 2.05) is 24.3 Å². The van der Waals surface area contributed by atoms with Crippen LogP contribution in [-0.2, 0) is 11.2 Å². The minimum atomic E-state index is 0.0315. The molecule has 1 aromatic heterocycles. The van der Waals surface area contributed by atoms with Gasteiger partial charge in [-0.15, -0.1) is 11.8 Å². The molecule has 0 saturated carbocycles. The van der Waals surface area contributed by atoms with Gasteiger partial charge in [-0.05, 0) is 12.1 Å². The molecule has 5 nitrogen and oxygen atoms in total. The van der Waals surface area contributed by atoms with Crippen molar-refractivity contribution in [3.63, 3.8) is 0 Å². The fraction of sp³-hybridized carbons (Fsp3) is 0.308. The van der Waals surface area contributed by atoms with Gasteiger partial charge in [-0.2, -0.15) is 5.10 Å². The van der Waals surface area contributed by atoms with Crippen LogP contribution in [0.15, 0.2) is 35.5 Å². The molecular formula is C13H15ClN4OS. The van der Waals surface area contributed by atoms with E-state index in [9.17, 15) is 4.79 Å². The van der Waals surface area contributed by atoms with Gasteiger partial charge in [-0.25, -0.2) is 4.98 Å². The molecular weight excluding hydrogens is 296 g/mol. The van der Waals surface area contributed by atoms with E-state index in [4.69, 9.17) is 11.6 Å². The number of hydrogen-bond donors (Lipinski definition) is 2. The lowest BCUT2D eigenvalue weighted by Crippen LogP contribution is -2.26. The van der Waals surface area contributed by atoms with E-state index < -0.39 is 0 Å². The molecule has 2 rings (SSSR count). The van der Waals surface area contributed by atoms with E-state index in [0.717, 1.165) is 15.7 Å². The standard InChI is InChI=1S/C13H15ClN4OS/c14-10-3-1-2-4-11(10)20-8-6-13(19)15-7-5-12-16-9-17-18-12/h1-4,9H,5-8H2,(H,15,19)(H,16,17,18). The number of hydrogen-bond acceptors (Lipinski definition) is 4. The van der Waals surface area contributed by atoms with Crippen LogP contribution < -0.4 is 5.32 Å². The van der Waals surface area contributed by atoms with Crippen LogP contribution in [0.5, 0.6) is 0 Å². The summed E-state index contributed by atoms with van der Waals surface area (Å²) in [5.74, 6) is 1.51. The second-order valence-corrected chi connectivity index (χ2v) is 5.60. The van der Waals surface area contributed by atoms with Crippen molar-refractivity contribution < 1.29 is 4.79 Å². The molecule has 0 bridgehead atoms. The lowest BCUT2D eigenvalue weighted by atomic mass is 10.4. The molecule has 0 aliphatic rings. The van der Waals surface area contributed by atoms with Gasteiger partial charge >= 0.3 is 0 Å². The predicted octanol–water partition coefficient (Wildman–Crippen LogP) is 2.30. The van der Waals surface area contributed by atoms with Crippen molar-refractivity contribution in [3.8, 4) is 0 Å². The van der Waals surface area contributed by atoms with E-state index in [1.165, 1.54) is 6.33 Å². The first kappa shape index (κ1) is 14.9. The van der Waals surface area contributed by atoms with E-state index >= 15 is 0 Å². The van der Waals surface area contributed by atoms with E-state index in [0.29, 0.717) is 25.1 Å². The van der Waals surface area contributed by atoms with Crippen molar-refractivity contribution in [2.75, 3.05) is 12.3 Å². The number of nitrogens with one attached hydrogen (secondary N) is 2.